The lowest BCUT2D eigenvalue weighted by Crippen LogP contribution is -2.50. The first-order valence-corrected chi connectivity index (χ1v) is 10.5. The number of carbonyl (C=O) groups excluding carboxylic acids is 1. The molecule has 28 heavy (non-hydrogen) atoms. The van der Waals surface area contributed by atoms with Crippen LogP contribution in [0.1, 0.15) is 23.2 Å². The number of aromatic amines is 1. The normalized spacial score (nSPS) is 20.9. The summed E-state index contributed by atoms with van der Waals surface area (Å²) < 4.78 is 0.528. The summed E-state index contributed by atoms with van der Waals surface area (Å²) >= 11 is 5.29. The molecule has 4 rings (SSSR count). The van der Waals surface area contributed by atoms with E-state index in [1.807, 2.05) is 35.4 Å². The van der Waals surface area contributed by atoms with Crippen LogP contribution in [0.25, 0.3) is 0 Å². The van der Waals surface area contributed by atoms with Gasteiger partial charge >= 0.3 is 0 Å². The number of rotatable bonds is 4. The second-order valence-electron chi connectivity index (χ2n) is 7.65. The van der Waals surface area contributed by atoms with Gasteiger partial charge < -0.3 is 14.8 Å². The van der Waals surface area contributed by atoms with Crippen LogP contribution < -0.4 is 4.90 Å². The SMILES string of the molecule is O=C(c1ccc[nH]c1=S)N1CCC[C@@H](CN2CCN(c3ccccn3)CC2)C1. The molecule has 2 aliphatic rings. The molecule has 1 amide bonds. The largest absolute Gasteiger partial charge is 0.354 e. The lowest BCUT2D eigenvalue weighted by Gasteiger charge is -2.39. The van der Waals surface area contributed by atoms with Gasteiger partial charge in [-0.3, -0.25) is 9.69 Å². The smallest absolute Gasteiger partial charge is 0.256 e. The summed E-state index contributed by atoms with van der Waals surface area (Å²) in [5.41, 5.74) is 0.613. The van der Waals surface area contributed by atoms with Gasteiger partial charge in [0.25, 0.3) is 5.91 Å². The Balaban J connectivity index is 1.30. The van der Waals surface area contributed by atoms with Gasteiger partial charge in [-0.2, -0.15) is 0 Å². The summed E-state index contributed by atoms with van der Waals surface area (Å²) in [5, 5.41) is 0. The van der Waals surface area contributed by atoms with Crippen LogP contribution >= 0.6 is 12.2 Å². The number of hydrogen-bond donors (Lipinski definition) is 1. The van der Waals surface area contributed by atoms with E-state index in [1.165, 1.54) is 6.42 Å². The number of H-pyrrole nitrogens is 1. The molecule has 1 atom stereocenters. The van der Waals surface area contributed by atoms with E-state index in [0.717, 1.165) is 58.1 Å². The molecule has 0 spiro atoms. The molecule has 2 aromatic rings. The number of likely N-dealkylation sites (tertiary alicyclic amines) is 1. The predicted molar refractivity (Wildman–Crippen MR) is 113 cm³/mol. The Morgan fingerprint density at radius 1 is 1.14 bits per heavy atom. The van der Waals surface area contributed by atoms with Crippen molar-refractivity contribution < 1.29 is 4.79 Å². The Kier molecular flexibility index (Phi) is 6.02. The fourth-order valence-electron chi connectivity index (χ4n) is 4.22. The van der Waals surface area contributed by atoms with E-state index in [1.54, 1.807) is 6.20 Å². The van der Waals surface area contributed by atoms with E-state index in [0.29, 0.717) is 16.1 Å². The van der Waals surface area contributed by atoms with E-state index in [-0.39, 0.29) is 5.91 Å². The van der Waals surface area contributed by atoms with Crippen LogP contribution in [-0.4, -0.2) is 71.5 Å². The van der Waals surface area contributed by atoms with Crippen LogP contribution in [0.2, 0.25) is 0 Å². The molecule has 0 bridgehead atoms. The summed E-state index contributed by atoms with van der Waals surface area (Å²) in [7, 11) is 0. The molecule has 7 heteroatoms. The zero-order valence-corrected chi connectivity index (χ0v) is 16.9. The maximum Gasteiger partial charge on any atom is 0.256 e. The van der Waals surface area contributed by atoms with E-state index in [4.69, 9.17) is 12.2 Å². The van der Waals surface area contributed by atoms with Crippen molar-refractivity contribution in [3.63, 3.8) is 0 Å². The Morgan fingerprint density at radius 3 is 2.75 bits per heavy atom. The summed E-state index contributed by atoms with van der Waals surface area (Å²) in [6.07, 6.45) is 5.87. The zero-order chi connectivity index (χ0) is 19.3. The highest BCUT2D eigenvalue weighted by Crippen LogP contribution is 2.21. The van der Waals surface area contributed by atoms with Crippen LogP contribution in [-0.2, 0) is 0 Å². The fourth-order valence-corrected chi connectivity index (χ4v) is 4.45. The van der Waals surface area contributed by atoms with Crippen LogP contribution in [0.15, 0.2) is 42.7 Å². The summed E-state index contributed by atoms with van der Waals surface area (Å²) in [6, 6.07) is 9.74. The highest BCUT2D eigenvalue weighted by molar-refractivity contribution is 7.71. The van der Waals surface area contributed by atoms with Crippen LogP contribution in [0.3, 0.4) is 0 Å². The second kappa shape index (κ2) is 8.84. The molecule has 0 aliphatic carbocycles. The van der Waals surface area contributed by atoms with Gasteiger partial charge in [0.2, 0.25) is 0 Å². The predicted octanol–water partition coefficient (Wildman–Crippen LogP) is 2.81. The van der Waals surface area contributed by atoms with Crippen LogP contribution in [0, 0.1) is 10.6 Å². The number of piperazine rings is 1. The lowest BCUT2D eigenvalue weighted by molar-refractivity contribution is 0.0636. The minimum atomic E-state index is 0.0616. The second-order valence-corrected chi connectivity index (χ2v) is 8.06. The molecule has 0 unspecified atom stereocenters. The van der Waals surface area contributed by atoms with Gasteiger partial charge in [0.1, 0.15) is 10.5 Å². The van der Waals surface area contributed by atoms with Crippen LogP contribution in [0.5, 0.6) is 0 Å². The number of nitrogens with one attached hydrogen (secondary N) is 1. The third kappa shape index (κ3) is 4.42. The van der Waals surface area contributed by atoms with Gasteiger partial charge in [-0.1, -0.05) is 18.3 Å². The number of carbonyl (C=O) groups is 1. The molecule has 1 N–H and O–H groups in total. The lowest BCUT2D eigenvalue weighted by atomic mass is 9.96. The van der Waals surface area contributed by atoms with Crippen molar-refractivity contribution in [3.05, 3.63) is 52.9 Å². The van der Waals surface area contributed by atoms with Gasteiger partial charge in [-0.05, 0) is 43.0 Å². The highest BCUT2D eigenvalue weighted by Gasteiger charge is 2.27. The van der Waals surface area contributed by atoms with Gasteiger partial charge in [0, 0.05) is 58.2 Å². The van der Waals surface area contributed by atoms with Crippen molar-refractivity contribution >= 4 is 23.9 Å². The molecular formula is C21H27N5OS. The third-order valence-electron chi connectivity index (χ3n) is 5.72. The maximum atomic E-state index is 12.9. The summed E-state index contributed by atoms with van der Waals surface area (Å²) in [6.45, 7) is 6.81. The van der Waals surface area contributed by atoms with Gasteiger partial charge in [-0.15, -0.1) is 0 Å². The highest BCUT2D eigenvalue weighted by atomic mass is 32.1. The molecule has 148 valence electrons. The standard InChI is InChI=1S/C21H27N5OS/c27-21(18-6-3-9-23-20(18)28)26-10-4-5-17(16-26)15-24-11-13-25(14-12-24)19-7-1-2-8-22-19/h1-3,6-9,17H,4-5,10-16H2,(H,23,28)/t17-/m0/s1. The van der Waals surface area contributed by atoms with Crippen molar-refractivity contribution in [2.75, 3.05) is 50.7 Å². The molecule has 0 saturated carbocycles. The van der Waals surface area contributed by atoms with E-state index in [9.17, 15) is 4.79 Å². The van der Waals surface area contributed by atoms with E-state index in [2.05, 4.69) is 25.8 Å². The Labute approximate surface area is 171 Å². The summed E-state index contributed by atoms with van der Waals surface area (Å²) in [5.74, 6) is 1.66. The molecule has 2 aromatic heterocycles. The summed E-state index contributed by atoms with van der Waals surface area (Å²) in [4.78, 5) is 27.2. The quantitative estimate of drug-likeness (QED) is 0.804. The van der Waals surface area contributed by atoms with Crippen molar-refractivity contribution in [1.82, 2.24) is 19.8 Å². The minimum Gasteiger partial charge on any atom is -0.354 e. The van der Waals surface area contributed by atoms with Crippen molar-refractivity contribution in [2.45, 2.75) is 12.8 Å². The van der Waals surface area contributed by atoms with Gasteiger partial charge in [0.05, 0.1) is 5.56 Å². The molecule has 6 nitrogen and oxygen atoms in total. The third-order valence-corrected chi connectivity index (χ3v) is 6.05. The Morgan fingerprint density at radius 2 is 2.00 bits per heavy atom. The zero-order valence-electron chi connectivity index (χ0n) is 16.1. The topological polar surface area (TPSA) is 55.5 Å². The van der Waals surface area contributed by atoms with Crippen LogP contribution in [0.4, 0.5) is 5.82 Å². The van der Waals surface area contributed by atoms with Crippen molar-refractivity contribution in [1.29, 1.82) is 0 Å². The maximum absolute atomic E-state index is 12.9. The number of aromatic nitrogens is 2. The first-order valence-electron chi connectivity index (χ1n) is 10.1. The molecule has 4 heterocycles. The molecular weight excluding hydrogens is 370 g/mol. The van der Waals surface area contributed by atoms with Gasteiger partial charge in [0.15, 0.2) is 0 Å². The molecule has 0 aromatic carbocycles. The number of pyridine rings is 2. The average Bonchev–Trinajstić information content (AvgIpc) is 2.75. The van der Waals surface area contributed by atoms with E-state index < -0.39 is 0 Å². The van der Waals surface area contributed by atoms with E-state index >= 15 is 0 Å². The molecule has 2 saturated heterocycles. The molecule has 0 radical (unpaired) electrons. The number of piperidine rings is 1. The molecule has 2 fully saturated rings. The molecule has 2 aliphatic heterocycles. The van der Waals surface area contributed by atoms with Crippen molar-refractivity contribution in [3.8, 4) is 0 Å². The number of amides is 1. The average molecular weight is 398 g/mol. The number of anilines is 1. The number of nitrogens with zero attached hydrogens (tertiary/aromatic N) is 4. The fraction of sp³-hybridized carbons (Fsp3) is 0.476. The first kappa shape index (κ1) is 19.1. The van der Waals surface area contributed by atoms with Gasteiger partial charge in [-0.25, -0.2) is 4.98 Å². The Hall–Kier alpha value is -2.25. The van der Waals surface area contributed by atoms with Crippen molar-refractivity contribution in [2.24, 2.45) is 5.92 Å². The number of hydrogen-bond acceptors (Lipinski definition) is 5. The minimum absolute atomic E-state index is 0.0616. The first-order chi connectivity index (χ1) is 13.7. The monoisotopic (exact) mass is 397 g/mol. The Bertz CT molecular complexity index is 847.